The van der Waals surface area contributed by atoms with Gasteiger partial charge in [-0.25, -0.2) is 4.98 Å². The molecule has 0 N–H and O–H groups in total. The van der Waals surface area contributed by atoms with Crippen molar-refractivity contribution in [2.45, 2.75) is 39.7 Å². The fourth-order valence-corrected chi connectivity index (χ4v) is 4.99. The maximum absolute atomic E-state index is 13.8. The van der Waals surface area contributed by atoms with Crippen LogP contribution in [0.2, 0.25) is 0 Å². The Kier molecular flexibility index (Phi) is 6.51. The van der Waals surface area contributed by atoms with Crippen LogP contribution in [-0.2, 0) is 22.5 Å². The Morgan fingerprint density at radius 2 is 1.78 bits per heavy atom. The van der Waals surface area contributed by atoms with Gasteiger partial charge in [0, 0.05) is 29.8 Å². The van der Waals surface area contributed by atoms with Gasteiger partial charge < -0.3 is 4.74 Å². The van der Waals surface area contributed by atoms with Crippen LogP contribution in [0.15, 0.2) is 59.4 Å². The Morgan fingerprint density at radius 3 is 2.47 bits per heavy atom. The lowest BCUT2D eigenvalue weighted by molar-refractivity contribution is -0.140. The summed E-state index contributed by atoms with van der Waals surface area (Å²) in [6.45, 7) is 4.51. The normalized spacial score (nSPS) is 11.1. The van der Waals surface area contributed by atoms with Crippen molar-refractivity contribution in [1.29, 1.82) is 0 Å². The maximum atomic E-state index is 13.8. The van der Waals surface area contributed by atoms with Crippen molar-refractivity contribution in [2.75, 3.05) is 7.11 Å². The smallest absolute Gasteiger partial charge is 0.305 e. The van der Waals surface area contributed by atoms with Crippen LogP contribution in [0.5, 0.6) is 0 Å². The molecule has 32 heavy (non-hydrogen) atoms. The molecule has 0 radical (unpaired) electrons. The van der Waals surface area contributed by atoms with E-state index < -0.39 is 0 Å². The molecule has 6 heteroatoms. The number of methoxy groups -OCH3 is 1. The van der Waals surface area contributed by atoms with Crippen LogP contribution in [0.4, 0.5) is 0 Å². The second kappa shape index (κ2) is 9.49. The van der Waals surface area contributed by atoms with Crippen molar-refractivity contribution in [1.82, 2.24) is 9.55 Å². The van der Waals surface area contributed by atoms with Crippen LogP contribution in [0.3, 0.4) is 0 Å². The van der Waals surface area contributed by atoms with Crippen LogP contribution >= 0.6 is 11.3 Å². The predicted octanol–water partition coefficient (Wildman–Crippen LogP) is 5.29. The highest BCUT2D eigenvalue weighted by Gasteiger charge is 2.20. The van der Waals surface area contributed by atoms with Gasteiger partial charge in [0.1, 0.15) is 10.7 Å². The SMILES string of the molecule is COC(=O)CCCn1c(Cc2ccccc2)nc2sc(C)c(-c3ccc(C)cc3)c2c1=O. The van der Waals surface area contributed by atoms with Gasteiger partial charge in [-0.3, -0.25) is 14.2 Å². The summed E-state index contributed by atoms with van der Waals surface area (Å²) in [7, 11) is 1.38. The molecule has 0 saturated heterocycles. The number of thiophene rings is 1. The van der Waals surface area contributed by atoms with Crippen molar-refractivity contribution in [2.24, 2.45) is 0 Å². The average Bonchev–Trinajstić information content (AvgIpc) is 3.12. The lowest BCUT2D eigenvalue weighted by Gasteiger charge is -2.13. The first-order valence-corrected chi connectivity index (χ1v) is 11.5. The quantitative estimate of drug-likeness (QED) is 0.362. The summed E-state index contributed by atoms with van der Waals surface area (Å²) in [4.78, 5) is 32.2. The van der Waals surface area contributed by atoms with Gasteiger partial charge in [-0.15, -0.1) is 11.3 Å². The van der Waals surface area contributed by atoms with Gasteiger partial charge in [-0.1, -0.05) is 60.2 Å². The van der Waals surface area contributed by atoms with Crippen molar-refractivity contribution >= 4 is 27.5 Å². The molecule has 2 aromatic carbocycles. The summed E-state index contributed by atoms with van der Waals surface area (Å²) < 4.78 is 6.50. The molecule has 2 aromatic heterocycles. The Hall–Kier alpha value is -3.25. The number of hydrogen-bond acceptors (Lipinski definition) is 5. The van der Waals surface area contributed by atoms with Crippen LogP contribution in [0.25, 0.3) is 21.3 Å². The van der Waals surface area contributed by atoms with Gasteiger partial charge >= 0.3 is 5.97 Å². The first-order valence-electron chi connectivity index (χ1n) is 10.7. The number of carbonyl (C=O) groups is 1. The molecular formula is C26H26N2O3S. The second-order valence-corrected chi connectivity index (χ2v) is 9.11. The average molecular weight is 447 g/mol. The van der Waals surface area contributed by atoms with Crippen molar-refractivity contribution in [3.63, 3.8) is 0 Å². The molecule has 5 nitrogen and oxygen atoms in total. The maximum Gasteiger partial charge on any atom is 0.305 e. The predicted molar refractivity (Wildman–Crippen MR) is 129 cm³/mol. The molecule has 0 bridgehead atoms. The molecular weight excluding hydrogens is 420 g/mol. The van der Waals surface area contributed by atoms with Gasteiger partial charge in [0.15, 0.2) is 0 Å². The Labute approximate surface area is 191 Å². The van der Waals surface area contributed by atoms with E-state index in [0.717, 1.165) is 32.2 Å². The van der Waals surface area contributed by atoms with E-state index in [1.54, 1.807) is 15.9 Å². The molecule has 0 saturated carbocycles. The number of carbonyl (C=O) groups excluding carboxylic acids is 1. The number of esters is 1. The number of fused-ring (bicyclic) bond motifs is 1. The summed E-state index contributed by atoms with van der Waals surface area (Å²) in [6, 6.07) is 18.2. The molecule has 0 spiro atoms. The Balaban J connectivity index is 1.84. The first kappa shape index (κ1) is 22.0. The van der Waals surface area contributed by atoms with Crippen LogP contribution in [0.1, 0.15) is 34.7 Å². The third kappa shape index (κ3) is 4.50. The van der Waals surface area contributed by atoms with Gasteiger partial charge in [-0.05, 0) is 31.4 Å². The number of aryl methyl sites for hydroxylation is 2. The van der Waals surface area contributed by atoms with Crippen LogP contribution in [-0.4, -0.2) is 22.6 Å². The minimum Gasteiger partial charge on any atom is -0.469 e. The molecule has 0 aliphatic heterocycles. The van der Waals surface area contributed by atoms with Gasteiger partial charge in [0.2, 0.25) is 0 Å². The van der Waals surface area contributed by atoms with Crippen LogP contribution < -0.4 is 5.56 Å². The number of nitrogens with zero attached hydrogens (tertiary/aromatic N) is 2. The molecule has 0 amide bonds. The highest BCUT2D eigenvalue weighted by atomic mass is 32.1. The monoisotopic (exact) mass is 446 g/mol. The third-order valence-corrected chi connectivity index (χ3v) is 6.60. The van der Waals surface area contributed by atoms with Crippen molar-refractivity contribution in [3.8, 4) is 11.1 Å². The molecule has 0 atom stereocenters. The van der Waals surface area contributed by atoms with E-state index in [-0.39, 0.29) is 17.9 Å². The highest BCUT2D eigenvalue weighted by Crippen LogP contribution is 2.36. The standard InChI is InChI=1S/C26H26N2O3S/c1-17-11-13-20(14-12-17)23-18(2)32-25-24(23)26(30)28(15-7-10-22(29)31-3)21(27-25)16-19-8-5-4-6-9-19/h4-6,8-9,11-14H,7,10,15-16H2,1-3H3. The summed E-state index contributed by atoms with van der Waals surface area (Å²) in [5.41, 5.74) is 4.19. The summed E-state index contributed by atoms with van der Waals surface area (Å²) in [6.07, 6.45) is 1.34. The van der Waals surface area contributed by atoms with Gasteiger partial charge in [0.25, 0.3) is 5.56 Å². The zero-order chi connectivity index (χ0) is 22.7. The highest BCUT2D eigenvalue weighted by molar-refractivity contribution is 7.19. The molecule has 0 aliphatic carbocycles. The minimum absolute atomic E-state index is 0.0503. The molecule has 2 heterocycles. The first-order chi connectivity index (χ1) is 15.5. The number of hydrogen-bond donors (Lipinski definition) is 0. The molecule has 4 aromatic rings. The Morgan fingerprint density at radius 1 is 1.06 bits per heavy atom. The van der Waals surface area contributed by atoms with Gasteiger partial charge in [0.05, 0.1) is 12.5 Å². The molecule has 0 unspecified atom stereocenters. The topological polar surface area (TPSA) is 61.2 Å². The fraction of sp³-hybridized carbons (Fsp3) is 0.269. The van der Waals surface area contributed by atoms with E-state index in [9.17, 15) is 9.59 Å². The van der Waals surface area contributed by atoms with Crippen LogP contribution in [0, 0.1) is 13.8 Å². The summed E-state index contributed by atoms with van der Waals surface area (Å²) >= 11 is 1.56. The molecule has 0 fully saturated rings. The molecule has 4 rings (SSSR count). The Bertz CT molecular complexity index is 1310. The summed E-state index contributed by atoms with van der Waals surface area (Å²) in [5, 5.41) is 0.659. The van der Waals surface area contributed by atoms with Gasteiger partial charge in [-0.2, -0.15) is 0 Å². The number of aromatic nitrogens is 2. The van der Waals surface area contributed by atoms with E-state index >= 15 is 0 Å². The van der Waals surface area contributed by atoms with Crippen molar-refractivity contribution < 1.29 is 9.53 Å². The molecule has 0 aliphatic rings. The number of benzene rings is 2. The fourth-order valence-electron chi connectivity index (χ4n) is 3.93. The van der Waals surface area contributed by atoms with E-state index in [2.05, 4.69) is 24.3 Å². The number of ether oxygens (including phenoxy) is 1. The van der Waals surface area contributed by atoms with Crippen molar-refractivity contribution in [3.05, 3.63) is 86.8 Å². The minimum atomic E-state index is -0.275. The lowest BCUT2D eigenvalue weighted by atomic mass is 10.0. The van der Waals surface area contributed by atoms with E-state index in [0.29, 0.717) is 24.8 Å². The molecule has 164 valence electrons. The summed E-state index contributed by atoms with van der Waals surface area (Å²) in [5.74, 6) is 0.443. The second-order valence-electron chi connectivity index (χ2n) is 7.91. The zero-order valence-electron chi connectivity index (χ0n) is 18.6. The zero-order valence-corrected chi connectivity index (χ0v) is 19.4. The van der Waals surface area contributed by atoms with E-state index in [1.165, 1.54) is 12.7 Å². The lowest BCUT2D eigenvalue weighted by Crippen LogP contribution is -2.26. The largest absolute Gasteiger partial charge is 0.469 e. The van der Waals surface area contributed by atoms with E-state index in [4.69, 9.17) is 9.72 Å². The number of rotatable bonds is 7. The third-order valence-electron chi connectivity index (χ3n) is 5.60. The van der Waals surface area contributed by atoms with E-state index in [1.807, 2.05) is 44.2 Å².